The topological polar surface area (TPSA) is 62.5 Å². The minimum atomic E-state index is -0.259. The van der Waals surface area contributed by atoms with Gasteiger partial charge in [-0.15, -0.1) is 0 Å². The third kappa shape index (κ3) is 4.91. The van der Waals surface area contributed by atoms with Gasteiger partial charge >= 0.3 is 0 Å². The Morgan fingerprint density at radius 3 is 2.83 bits per heavy atom. The van der Waals surface area contributed by atoms with Gasteiger partial charge in [0.05, 0.1) is 18.4 Å². The van der Waals surface area contributed by atoms with Crippen molar-refractivity contribution in [3.63, 3.8) is 0 Å². The van der Waals surface area contributed by atoms with Crippen LogP contribution >= 0.6 is 0 Å². The molecule has 1 atom stereocenters. The van der Waals surface area contributed by atoms with E-state index in [-0.39, 0.29) is 17.8 Å². The quantitative estimate of drug-likeness (QED) is 0.598. The lowest BCUT2D eigenvalue weighted by molar-refractivity contribution is -0.133. The monoisotopic (exact) mass is 408 g/mol. The first-order valence-electron chi connectivity index (χ1n) is 10.2. The molecule has 2 aromatic heterocycles. The number of likely N-dealkylation sites (N-methyl/N-ethyl adjacent to an activating group) is 1. The minimum Gasteiger partial charge on any atom is -0.443 e. The molecule has 0 radical (unpaired) electrons. The predicted molar refractivity (Wildman–Crippen MR) is 110 cm³/mol. The summed E-state index contributed by atoms with van der Waals surface area (Å²) in [6, 6.07) is 12.0. The maximum absolute atomic E-state index is 13.1. The molecule has 7 heteroatoms. The average molecular weight is 408 g/mol. The molecular formula is C23H25FN4O2. The third-order valence-corrected chi connectivity index (χ3v) is 5.28. The van der Waals surface area contributed by atoms with Gasteiger partial charge in [-0.3, -0.25) is 14.7 Å². The van der Waals surface area contributed by atoms with Crippen molar-refractivity contribution in [1.82, 2.24) is 19.8 Å². The Balaban J connectivity index is 1.37. The molecule has 30 heavy (non-hydrogen) atoms. The smallest absolute Gasteiger partial charge is 0.237 e. The fourth-order valence-corrected chi connectivity index (χ4v) is 3.83. The van der Waals surface area contributed by atoms with Crippen LogP contribution in [0.15, 0.2) is 59.3 Å². The summed E-state index contributed by atoms with van der Waals surface area (Å²) in [5, 5.41) is 0. The van der Waals surface area contributed by atoms with E-state index in [0.717, 1.165) is 24.1 Å². The van der Waals surface area contributed by atoms with E-state index < -0.39 is 0 Å². The fraction of sp³-hybridized carbons (Fsp3) is 0.348. The van der Waals surface area contributed by atoms with E-state index in [1.807, 2.05) is 35.0 Å². The Bertz CT molecular complexity index is 974. The van der Waals surface area contributed by atoms with Crippen LogP contribution in [0.1, 0.15) is 41.8 Å². The van der Waals surface area contributed by atoms with Crippen LogP contribution in [-0.4, -0.2) is 45.8 Å². The predicted octanol–water partition coefficient (Wildman–Crippen LogP) is 3.60. The van der Waals surface area contributed by atoms with E-state index in [1.54, 1.807) is 24.5 Å². The number of pyridine rings is 1. The van der Waals surface area contributed by atoms with Gasteiger partial charge in [0.2, 0.25) is 11.8 Å². The number of benzene rings is 1. The van der Waals surface area contributed by atoms with Crippen LogP contribution in [0.2, 0.25) is 0 Å². The van der Waals surface area contributed by atoms with Crippen LogP contribution in [0, 0.1) is 5.82 Å². The highest BCUT2D eigenvalue weighted by molar-refractivity contribution is 5.79. The van der Waals surface area contributed by atoms with Gasteiger partial charge in [0.25, 0.3) is 0 Å². The molecule has 1 fully saturated rings. The minimum absolute atomic E-state index is 0.0641. The van der Waals surface area contributed by atoms with Crippen LogP contribution < -0.4 is 0 Å². The third-order valence-electron chi connectivity index (χ3n) is 5.28. The highest BCUT2D eigenvalue weighted by atomic mass is 19.1. The highest BCUT2D eigenvalue weighted by Crippen LogP contribution is 2.32. The normalized spacial score (nSPS) is 16.4. The highest BCUT2D eigenvalue weighted by Gasteiger charge is 2.33. The van der Waals surface area contributed by atoms with Gasteiger partial charge in [0.1, 0.15) is 17.6 Å². The van der Waals surface area contributed by atoms with Gasteiger partial charge in [-0.05, 0) is 49.7 Å². The molecule has 0 spiro atoms. The SMILES string of the molecule is CN(CC(=O)N1CCCC1c1ncc(Cc2ccc(F)cc2)o1)Cc1ccccn1. The van der Waals surface area contributed by atoms with Gasteiger partial charge in [0.15, 0.2) is 0 Å². The molecule has 1 amide bonds. The van der Waals surface area contributed by atoms with Gasteiger partial charge < -0.3 is 9.32 Å². The zero-order chi connectivity index (χ0) is 20.9. The largest absolute Gasteiger partial charge is 0.443 e. The van der Waals surface area contributed by atoms with Crippen molar-refractivity contribution < 1.29 is 13.6 Å². The first-order valence-corrected chi connectivity index (χ1v) is 10.2. The summed E-state index contributed by atoms with van der Waals surface area (Å²) in [6.07, 6.45) is 5.77. The van der Waals surface area contributed by atoms with E-state index in [4.69, 9.17) is 4.42 Å². The molecule has 4 rings (SSSR count). The van der Waals surface area contributed by atoms with E-state index in [0.29, 0.717) is 37.7 Å². The molecule has 0 saturated carbocycles. The lowest BCUT2D eigenvalue weighted by Crippen LogP contribution is -2.38. The summed E-state index contributed by atoms with van der Waals surface area (Å²) in [5.41, 5.74) is 1.89. The second-order valence-electron chi connectivity index (χ2n) is 7.71. The van der Waals surface area contributed by atoms with Crippen LogP contribution in [0.3, 0.4) is 0 Å². The number of carbonyl (C=O) groups excluding carboxylic acids is 1. The van der Waals surface area contributed by atoms with E-state index >= 15 is 0 Å². The van der Waals surface area contributed by atoms with Gasteiger partial charge in [-0.2, -0.15) is 0 Å². The number of halogens is 1. The maximum atomic E-state index is 13.1. The second kappa shape index (κ2) is 9.17. The van der Waals surface area contributed by atoms with E-state index in [9.17, 15) is 9.18 Å². The Morgan fingerprint density at radius 1 is 1.23 bits per heavy atom. The Hall–Kier alpha value is -3.06. The second-order valence-corrected chi connectivity index (χ2v) is 7.71. The number of amides is 1. The molecule has 0 aliphatic carbocycles. The number of aromatic nitrogens is 2. The van der Waals surface area contributed by atoms with E-state index in [1.165, 1.54) is 12.1 Å². The lowest BCUT2D eigenvalue weighted by atomic mass is 10.1. The molecule has 6 nitrogen and oxygen atoms in total. The fourth-order valence-electron chi connectivity index (χ4n) is 3.83. The molecule has 3 heterocycles. The van der Waals surface area contributed by atoms with Crippen molar-refractivity contribution in [3.05, 3.63) is 83.6 Å². The number of hydrogen-bond acceptors (Lipinski definition) is 5. The molecule has 1 aliphatic rings. The number of carbonyl (C=O) groups is 1. The van der Waals surface area contributed by atoms with Crippen molar-refractivity contribution in [1.29, 1.82) is 0 Å². The summed E-state index contributed by atoms with van der Waals surface area (Å²) in [5.74, 6) is 1.09. The zero-order valence-electron chi connectivity index (χ0n) is 17.0. The van der Waals surface area contributed by atoms with Crippen LogP contribution in [-0.2, 0) is 17.8 Å². The van der Waals surface area contributed by atoms with Crippen molar-refractivity contribution in [2.75, 3.05) is 20.1 Å². The molecule has 1 aromatic carbocycles. The van der Waals surface area contributed by atoms with Crippen LogP contribution in [0.5, 0.6) is 0 Å². The number of oxazole rings is 1. The zero-order valence-corrected chi connectivity index (χ0v) is 17.0. The molecule has 156 valence electrons. The average Bonchev–Trinajstić information content (AvgIpc) is 3.40. The summed E-state index contributed by atoms with van der Waals surface area (Å²) >= 11 is 0. The number of hydrogen-bond donors (Lipinski definition) is 0. The molecule has 3 aromatic rings. The lowest BCUT2D eigenvalue weighted by Gasteiger charge is -2.25. The Labute approximate surface area is 175 Å². The van der Waals surface area contributed by atoms with E-state index in [2.05, 4.69) is 9.97 Å². The van der Waals surface area contributed by atoms with Gasteiger partial charge in [-0.1, -0.05) is 18.2 Å². The number of likely N-dealkylation sites (tertiary alicyclic amines) is 1. The first-order chi connectivity index (χ1) is 14.6. The number of rotatable bonds is 7. The van der Waals surface area contributed by atoms with Crippen molar-refractivity contribution in [2.24, 2.45) is 0 Å². The summed E-state index contributed by atoms with van der Waals surface area (Å²) in [4.78, 5) is 25.5. The Kier molecular flexibility index (Phi) is 6.18. The molecule has 1 saturated heterocycles. The molecule has 0 bridgehead atoms. The van der Waals surface area contributed by atoms with Crippen LogP contribution in [0.25, 0.3) is 0 Å². The van der Waals surface area contributed by atoms with Crippen molar-refractivity contribution in [2.45, 2.75) is 31.8 Å². The van der Waals surface area contributed by atoms with Crippen molar-refractivity contribution >= 4 is 5.91 Å². The molecule has 1 unspecified atom stereocenters. The van der Waals surface area contributed by atoms with Gasteiger partial charge in [0, 0.05) is 25.7 Å². The standard InChI is InChI=1S/C23H25FN4O2/c1-27(15-19-5-2-3-11-25-19)16-22(29)28-12-4-6-21(28)23-26-14-20(30-23)13-17-7-9-18(24)10-8-17/h2-3,5,7-11,14,21H,4,6,12-13,15-16H2,1H3. The number of nitrogens with zero attached hydrogens (tertiary/aromatic N) is 4. The first kappa shape index (κ1) is 20.2. The summed E-state index contributed by atoms with van der Waals surface area (Å²) in [7, 11) is 1.92. The molecule has 0 N–H and O–H groups in total. The molecule has 1 aliphatic heterocycles. The molecular weight excluding hydrogens is 383 g/mol. The Morgan fingerprint density at radius 2 is 2.07 bits per heavy atom. The maximum Gasteiger partial charge on any atom is 0.237 e. The van der Waals surface area contributed by atoms with Gasteiger partial charge in [-0.25, -0.2) is 9.37 Å². The van der Waals surface area contributed by atoms with Crippen molar-refractivity contribution in [3.8, 4) is 0 Å². The summed E-state index contributed by atoms with van der Waals surface area (Å²) < 4.78 is 19.0. The van der Waals surface area contributed by atoms with Crippen LogP contribution in [0.4, 0.5) is 4.39 Å². The summed E-state index contributed by atoms with van der Waals surface area (Å²) in [6.45, 7) is 1.64.